The van der Waals surface area contributed by atoms with Crippen molar-refractivity contribution in [2.75, 3.05) is 72.6 Å². The number of rotatable bonds is 61. The summed E-state index contributed by atoms with van der Waals surface area (Å²) < 4.78 is 50.6. The summed E-state index contributed by atoms with van der Waals surface area (Å²) in [6, 6.07) is 2.38. The second-order valence-corrected chi connectivity index (χ2v) is 31.8. The Hall–Kier alpha value is -3.35. The Morgan fingerprint density at radius 2 is 0.642 bits per heavy atom. The van der Waals surface area contributed by atoms with Crippen molar-refractivity contribution in [3.05, 3.63) is 0 Å². The Bertz CT molecular complexity index is 2350. The number of ether oxygens (including phenoxy) is 9. The van der Waals surface area contributed by atoms with Crippen molar-refractivity contribution in [2.24, 2.45) is 21.7 Å². The molecule has 620 valence electrons. The van der Waals surface area contributed by atoms with E-state index in [4.69, 9.17) is 42.6 Å². The summed E-state index contributed by atoms with van der Waals surface area (Å²) in [4.78, 5) is 61.0. The zero-order chi connectivity index (χ0) is 78.6. The van der Waals surface area contributed by atoms with Gasteiger partial charge in [-0.2, -0.15) is 5.26 Å². The zero-order valence-electron chi connectivity index (χ0n) is 65.7. The van der Waals surface area contributed by atoms with E-state index in [0.717, 1.165) is 51.4 Å². The fourth-order valence-electron chi connectivity index (χ4n) is 15.0. The highest BCUT2D eigenvalue weighted by atomic mass is 16.7. The van der Waals surface area contributed by atoms with E-state index in [0.29, 0.717) is 13.1 Å². The topological polar surface area (TPSA) is 421 Å². The molecule has 0 bridgehead atoms. The standard InChI is InChI=1S/C79H144N2O25/c1-8-10-12-14-16-18-20-22-24-26-28-30-32-34-36-38-42-81(43-39-37-35-33-31-29-27-25-23-21-19-17-15-13-11-9-2)60(85)40-41-77(5,56-80)54-79(7,75(97)103-49-46-100-72-69(94)66(91)63(88)59(52-84)106-72)55-78(6,74(96)102-48-45-99-71-68(93)65(90)62(87)58(51-83)105-71)53-76(3,4)73(95)101-47-44-98-70-67(92)64(89)61(86)57(50-82)104-70/h57-59,61-72,82-84,86-94H,8-55H2,1-7H3/t57-,58-,59-,61-,62-,63-,64+,65+,66+,67+,68+,69+,70+,71+,72+,77?,78?,79?/m1/s1. The maximum Gasteiger partial charge on any atom is 0.311 e. The molecule has 0 aromatic rings. The van der Waals surface area contributed by atoms with E-state index in [1.807, 2.05) is 4.90 Å². The van der Waals surface area contributed by atoms with Gasteiger partial charge in [0.25, 0.3) is 0 Å². The maximum absolute atomic E-state index is 15.2. The molecule has 3 rings (SSSR count). The predicted octanol–water partition coefficient (Wildman–Crippen LogP) is 7.94. The molecule has 3 aliphatic rings. The van der Waals surface area contributed by atoms with Gasteiger partial charge in [-0.3, -0.25) is 19.2 Å². The van der Waals surface area contributed by atoms with Gasteiger partial charge in [0.05, 0.1) is 67.4 Å². The van der Waals surface area contributed by atoms with Crippen LogP contribution in [0.4, 0.5) is 0 Å². The van der Waals surface area contributed by atoms with Crippen molar-refractivity contribution in [2.45, 2.75) is 378 Å². The monoisotopic (exact) mass is 1520 g/mol. The van der Waals surface area contributed by atoms with Gasteiger partial charge in [0.1, 0.15) is 93.1 Å². The summed E-state index contributed by atoms with van der Waals surface area (Å²) >= 11 is 0. The molecule has 3 saturated heterocycles. The molecule has 0 aromatic carbocycles. The first kappa shape index (κ1) is 96.8. The van der Waals surface area contributed by atoms with Gasteiger partial charge in [0, 0.05) is 19.5 Å². The van der Waals surface area contributed by atoms with Gasteiger partial charge in [0.2, 0.25) is 5.91 Å². The SMILES string of the molecule is CCCCCCCCCCCCCCCCCCN(CCCCCCCCCCCCCCCCCC)C(=O)CCC(C)(C#N)CC(C)(CC(C)(CC(C)(C)C(=O)OCCO[C@H]1O[C@H](CO)[C@@H](O)[C@H](O)[C@@H]1O)C(=O)OCCO[C@H]1O[C@H](CO)[C@@H](O)[C@H](O)[C@@H]1O)C(=O)OCCO[C@H]1O[C@H](CO)[C@@H](O)[C@H](O)[C@@H]1O. The number of hydrogen-bond acceptors (Lipinski definition) is 26. The van der Waals surface area contributed by atoms with Gasteiger partial charge < -0.3 is 109 Å². The fourth-order valence-corrected chi connectivity index (χ4v) is 15.0. The third-order valence-corrected chi connectivity index (χ3v) is 21.3. The molecular formula is C79H144N2O25. The molecule has 106 heavy (non-hydrogen) atoms. The number of nitriles is 1. The van der Waals surface area contributed by atoms with Crippen LogP contribution in [0.25, 0.3) is 0 Å². The maximum atomic E-state index is 15.2. The van der Waals surface area contributed by atoms with Crippen LogP contribution in [-0.2, 0) is 61.8 Å². The first-order chi connectivity index (χ1) is 50.6. The third kappa shape index (κ3) is 35.1. The normalized spacial score (nSPS) is 26.6. The summed E-state index contributed by atoms with van der Waals surface area (Å²) in [6.45, 7) is 7.86. The number of aliphatic hydroxyl groups excluding tert-OH is 12. The van der Waals surface area contributed by atoms with Crippen LogP contribution in [0.3, 0.4) is 0 Å². The summed E-state index contributed by atoms with van der Waals surface area (Å²) in [5, 5.41) is 135. The number of esters is 3. The summed E-state index contributed by atoms with van der Waals surface area (Å²) in [7, 11) is 0. The second kappa shape index (κ2) is 53.6. The summed E-state index contributed by atoms with van der Waals surface area (Å²) in [5.41, 5.74) is -6.91. The molecule has 0 aliphatic carbocycles. The summed E-state index contributed by atoms with van der Waals surface area (Å²) in [6.07, 6.45) is 13.2. The molecule has 12 N–H and O–H groups in total. The van der Waals surface area contributed by atoms with E-state index in [1.54, 1.807) is 6.92 Å². The van der Waals surface area contributed by atoms with Crippen molar-refractivity contribution in [3.63, 3.8) is 0 Å². The van der Waals surface area contributed by atoms with Crippen LogP contribution in [0.1, 0.15) is 286 Å². The number of aliphatic hydroxyl groups is 12. The van der Waals surface area contributed by atoms with Crippen LogP contribution < -0.4 is 0 Å². The number of nitrogens with zero attached hydrogens (tertiary/aromatic N) is 2. The molecule has 3 fully saturated rings. The second-order valence-electron chi connectivity index (χ2n) is 31.8. The Balaban J connectivity index is 1.90. The zero-order valence-corrected chi connectivity index (χ0v) is 65.7. The molecule has 3 unspecified atom stereocenters. The van der Waals surface area contributed by atoms with Gasteiger partial charge in [0.15, 0.2) is 18.9 Å². The molecule has 0 radical (unpaired) electrons. The molecule has 3 aliphatic heterocycles. The smallest absolute Gasteiger partial charge is 0.311 e. The van der Waals surface area contributed by atoms with Crippen LogP contribution in [-0.4, -0.2) is 255 Å². The van der Waals surface area contributed by atoms with Crippen LogP contribution >= 0.6 is 0 Å². The lowest BCUT2D eigenvalue weighted by Gasteiger charge is -2.42. The molecule has 1 amide bonds. The first-order valence-electron chi connectivity index (χ1n) is 40.6. The first-order valence-corrected chi connectivity index (χ1v) is 40.6. The Morgan fingerprint density at radius 1 is 0.368 bits per heavy atom. The Kier molecular flexibility index (Phi) is 48.9. The highest BCUT2D eigenvalue weighted by molar-refractivity contribution is 5.83. The lowest BCUT2D eigenvalue weighted by molar-refractivity contribution is -0.302. The van der Waals surface area contributed by atoms with E-state index < -0.39 is 204 Å². The van der Waals surface area contributed by atoms with Crippen LogP contribution in [0.5, 0.6) is 0 Å². The Labute approximate surface area is 633 Å². The van der Waals surface area contributed by atoms with Crippen molar-refractivity contribution >= 4 is 23.8 Å². The molecule has 0 spiro atoms. The number of hydrogen-bond donors (Lipinski definition) is 12. The van der Waals surface area contributed by atoms with Gasteiger partial charge in [-0.25, -0.2) is 0 Å². The summed E-state index contributed by atoms with van der Waals surface area (Å²) in [5.74, 6) is -3.01. The fraction of sp³-hybridized carbons (Fsp3) is 0.937. The van der Waals surface area contributed by atoms with E-state index >= 15 is 9.59 Å². The minimum absolute atomic E-state index is 0.0285. The molecule has 27 heteroatoms. The largest absolute Gasteiger partial charge is 0.463 e. The third-order valence-electron chi connectivity index (χ3n) is 21.3. The average molecular weight is 1520 g/mol. The average Bonchev–Trinajstić information content (AvgIpc) is 0.777. The number of carbonyl (C=O) groups excluding carboxylic acids is 4. The number of amides is 1. The lowest BCUT2D eigenvalue weighted by Crippen LogP contribution is -2.59. The van der Waals surface area contributed by atoms with Crippen LogP contribution in [0.15, 0.2) is 0 Å². The molecule has 27 nitrogen and oxygen atoms in total. The van der Waals surface area contributed by atoms with Crippen molar-refractivity contribution in [1.29, 1.82) is 5.26 Å². The molecule has 0 saturated carbocycles. The van der Waals surface area contributed by atoms with Gasteiger partial charge >= 0.3 is 17.9 Å². The minimum atomic E-state index is -1.91. The Morgan fingerprint density at radius 3 is 0.925 bits per heavy atom. The lowest BCUT2D eigenvalue weighted by atomic mass is 9.61. The van der Waals surface area contributed by atoms with Crippen LogP contribution in [0, 0.1) is 33.0 Å². The van der Waals surface area contributed by atoms with E-state index in [-0.39, 0.29) is 25.2 Å². The van der Waals surface area contributed by atoms with Crippen molar-refractivity contribution in [3.8, 4) is 6.07 Å². The molecule has 3 heterocycles. The minimum Gasteiger partial charge on any atom is -0.463 e. The molecular weight excluding hydrogens is 1380 g/mol. The quantitative estimate of drug-likeness (QED) is 0.0156. The van der Waals surface area contributed by atoms with Crippen molar-refractivity contribution in [1.82, 2.24) is 4.90 Å². The van der Waals surface area contributed by atoms with E-state index in [2.05, 4.69) is 19.9 Å². The molecule has 0 aromatic heterocycles. The van der Waals surface area contributed by atoms with E-state index in [1.165, 1.54) is 182 Å². The van der Waals surface area contributed by atoms with E-state index in [9.17, 15) is 76.1 Å². The van der Waals surface area contributed by atoms with Gasteiger partial charge in [-0.15, -0.1) is 0 Å². The predicted molar refractivity (Wildman–Crippen MR) is 395 cm³/mol. The highest BCUT2D eigenvalue weighted by Crippen LogP contribution is 2.50. The number of carbonyl (C=O) groups is 4. The number of unbranched alkanes of at least 4 members (excludes halogenated alkanes) is 30. The van der Waals surface area contributed by atoms with Gasteiger partial charge in [-0.05, 0) is 73.1 Å². The van der Waals surface area contributed by atoms with Gasteiger partial charge in [-0.1, -0.05) is 206 Å². The van der Waals surface area contributed by atoms with Crippen molar-refractivity contribution < 1.29 is 123 Å². The molecule has 18 atom stereocenters. The highest BCUT2D eigenvalue weighted by Gasteiger charge is 2.54. The van der Waals surface area contributed by atoms with Crippen LogP contribution in [0.2, 0.25) is 0 Å².